The number of nitrogens with two attached hydrogens (primary N) is 1. The lowest BCUT2D eigenvalue weighted by Gasteiger charge is -2.04. The van der Waals surface area contributed by atoms with Gasteiger partial charge in [-0.05, 0) is 12.1 Å². The normalized spacial score (nSPS) is 10.5. The first-order valence-electron chi connectivity index (χ1n) is 5.34. The van der Waals surface area contributed by atoms with Crippen molar-refractivity contribution in [1.82, 2.24) is 19.9 Å². The molecular weight excluding hydrogens is 264 g/mol. The number of nitrogens with one attached hydrogen (secondary N) is 1. The minimum Gasteiger partial charge on any atom is -0.470 e. The van der Waals surface area contributed by atoms with Gasteiger partial charge in [0.15, 0.2) is 5.65 Å². The Bertz CT molecular complexity index is 771. The van der Waals surface area contributed by atoms with Crippen LogP contribution < -0.4 is 10.5 Å². The van der Waals surface area contributed by atoms with Gasteiger partial charge in [0.1, 0.15) is 23.1 Å². The second-order valence-electron chi connectivity index (χ2n) is 3.65. The molecule has 3 N–H and O–H groups in total. The molecule has 8 heteroatoms. The van der Waals surface area contributed by atoms with Gasteiger partial charge in [-0.1, -0.05) is 0 Å². The number of thiophene rings is 1. The minimum atomic E-state index is 0.110. The van der Waals surface area contributed by atoms with Crippen LogP contribution in [0.2, 0.25) is 0 Å². The molecule has 0 saturated heterocycles. The average Bonchev–Trinajstić information content (AvgIpc) is 3.03. The van der Waals surface area contributed by atoms with Crippen LogP contribution in [0.4, 0.5) is 5.95 Å². The van der Waals surface area contributed by atoms with Gasteiger partial charge in [0.05, 0.1) is 6.33 Å². The SMILES string of the molecule is N#Cc1ccc(COc2nc(N)nc3nc[nH]c23)s1. The van der Waals surface area contributed by atoms with Crippen molar-refractivity contribution in [2.24, 2.45) is 0 Å². The van der Waals surface area contributed by atoms with Crippen molar-refractivity contribution in [1.29, 1.82) is 5.26 Å². The maximum Gasteiger partial charge on any atom is 0.245 e. The minimum absolute atomic E-state index is 0.110. The van der Waals surface area contributed by atoms with Crippen LogP contribution in [-0.4, -0.2) is 19.9 Å². The maximum atomic E-state index is 8.76. The molecule has 0 saturated carbocycles. The number of rotatable bonds is 3. The number of nitriles is 1. The molecule has 19 heavy (non-hydrogen) atoms. The molecule has 3 heterocycles. The van der Waals surface area contributed by atoms with Gasteiger partial charge in [0.2, 0.25) is 11.8 Å². The molecule has 0 amide bonds. The van der Waals surface area contributed by atoms with E-state index in [4.69, 9.17) is 15.7 Å². The molecule has 3 aromatic rings. The number of imidazole rings is 1. The lowest BCUT2D eigenvalue weighted by molar-refractivity contribution is 0.301. The summed E-state index contributed by atoms with van der Waals surface area (Å²) in [6, 6.07) is 5.68. The zero-order chi connectivity index (χ0) is 13.2. The van der Waals surface area contributed by atoms with Gasteiger partial charge in [-0.3, -0.25) is 0 Å². The van der Waals surface area contributed by atoms with Crippen molar-refractivity contribution >= 4 is 28.4 Å². The van der Waals surface area contributed by atoms with E-state index < -0.39 is 0 Å². The van der Waals surface area contributed by atoms with E-state index in [1.165, 1.54) is 17.7 Å². The fourth-order valence-corrected chi connectivity index (χ4v) is 2.30. The van der Waals surface area contributed by atoms with E-state index in [0.29, 0.717) is 28.5 Å². The van der Waals surface area contributed by atoms with E-state index in [-0.39, 0.29) is 5.95 Å². The topological polar surface area (TPSA) is 114 Å². The van der Waals surface area contributed by atoms with Crippen LogP contribution in [0.15, 0.2) is 18.5 Å². The van der Waals surface area contributed by atoms with Gasteiger partial charge in [-0.15, -0.1) is 11.3 Å². The zero-order valence-corrected chi connectivity index (χ0v) is 10.4. The third kappa shape index (κ3) is 2.19. The molecule has 0 unspecified atom stereocenters. The smallest absolute Gasteiger partial charge is 0.245 e. The Balaban J connectivity index is 1.85. The first kappa shape index (κ1) is 11.4. The summed E-state index contributed by atoms with van der Waals surface area (Å²) in [6.45, 7) is 0.316. The number of aromatic amines is 1. The molecule has 94 valence electrons. The van der Waals surface area contributed by atoms with E-state index >= 15 is 0 Å². The van der Waals surface area contributed by atoms with Crippen LogP contribution in [0.25, 0.3) is 11.2 Å². The van der Waals surface area contributed by atoms with Gasteiger partial charge >= 0.3 is 0 Å². The largest absolute Gasteiger partial charge is 0.470 e. The summed E-state index contributed by atoms with van der Waals surface area (Å²) in [4.78, 5) is 16.5. The van der Waals surface area contributed by atoms with E-state index in [1.807, 2.05) is 6.07 Å². The number of hydrogen-bond acceptors (Lipinski definition) is 7. The van der Waals surface area contributed by atoms with Crippen LogP contribution in [0.1, 0.15) is 9.75 Å². The second kappa shape index (κ2) is 4.55. The molecule has 0 fully saturated rings. The molecule has 0 radical (unpaired) electrons. The summed E-state index contributed by atoms with van der Waals surface area (Å²) in [6.07, 6.45) is 1.50. The molecule has 0 bridgehead atoms. The van der Waals surface area contributed by atoms with Crippen LogP contribution in [0.5, 0.6) is 5.88 Å². The summed E-state index contributed by atoms with van der Waals surface area (Å²) in [7, 11) is 0. The number of nitrogens with zero attached hydrogens (tertiary/aromatic N) is 4. The van der Waals surface area contributed by atoms with Gasteiger partial charge in [0, 0.05) is 4.88 Å². The monoisotopic (exact) mass is 272 g/mol. The lowest BCUT2D eigenvalue weighted by atomic mass is 10.4. The Kier molecular flexibility index (Phi) is 2.74. The highest BCUT2D eigenvalue weighted by molar-refractivity contribution is 7.12. The summed E-state index contributed by atoms with van der Waals surface area (Å²) in [5.74, 6) is 0.463. The Labute approximate surface area is 111 Å². The highest BCUT2D eigenvalue weighted by Crippen LogP contribution is 2.22. The number of aromatic nitrogens is 4. The van der Waals surface area contributed by atoms with Crippen molar-refractivity contribution in [3.8, 4) is 11.9 Å². The Hall–Kier alpha value is -2.66. The molecule has 7 nitrogen and oxygen atoms in total. The van der Waals surface area contributed by atoms with E-state index in [1.54, 1.807) is 6.07 Å². The van der Waals surface area contributed by atoms with Gasteiger partial charge in [-0.25, -0.2) is 4.98 Å². The number of hydrogen-bond donors (Lipinski definition) is 2. The summed E-state index contributed by atoms with van der Waals surface area (Å²) in [5, 5.41) is 8.76. The van der Waals surface area contributed by atoms with E-state index in [2.05, 4.69) is 26.0 Å². The third-order valence-corrected chi connectivity index (χ3v) is 3.36. The van der Waals surface area contributed by atoms with Gasteiger partial charge < -0.3 is 15.5 Å². The van der Waals surface area contributed by atoms with Crippen LogP contribution in [0.3, 0.4) is 0 Å². The standard InChI is InChI=1S/C11H8N6OS/c12-3-6-1-2-7(19-6)4-18-10-8-9(15-5-14-8)16-11(13)17-10/h1-2,5H,4H2,(H3,13,14,15,16,17). The highest BCUT2D eigenvalue weighted by Gasteiger charge is 2.10. The molecule has 0 aromatic carbocycles. The first-order chi connectivity index (χ1) is 9.26. The third-order valence-electron chi connectivity index (χ3n) is 2.39. The van der Waals surface area contributed by atoms with E-state index in [9.17, 15) is 0 Å². The second-order valence-corrected chi connectivity index (χ2v) is 4.82. The zero-order valence-electron chi connectivity index (χ0n) is 9.62. The molecule has 0 aliphatic rings. The Morgan fingerprint density at radius 2 is 2.32 bits per heavy atom. The van der Waals surface area contributed by atoms with Crippen LogP contribution in [-0.2, 0) is 6.61 Å². The molecule has 3 aromatic heterocycles. The van der Waals surface area contributed by atoms with Crippen LogP contribution in [0, 0.1) is 11.3 Å². The summed E-state index contributed by atoms with van der Waals surface area (Å²) < 4.78 is 5.60. The van der Waals surface area contributed by atoms with Crippen molar-refractivity contribution in [3.05, 3.63) is 28.2 Å². The quantitative estimate of drug-likeness (QED) is 0.745. The van der Waals surface area contributed by atoms with Gasteiger partial charge in [-0.2, -0.15) is 15.2 Å². The molecule has 0 aliphatic heterocycles. The fraction of sp³-hybridized carbons (Fsp3) is 0.0909. The summed E-state index contributed by atoms with van der Waals surface area (Å²) in [5.41, 5.74) is 6.65. The van der Waals surface area contributed by atoms with Crippen molar-refractivity contribution < 1.29 is 4.74 Å². The van der Waals surface area contributed by atoms with Crippen molar-refractivity contribution in [2.75, 3.05) is 5.73 Å². The molecule has 3 rings (SSSR count). The average molecular weight is 272 g/mol. The number of fused-ring (bicyclic) bond motifs is 1. The maximum absolute atomic E-state index is 8.76. The predicted molar refractivity (Wildman–Crippen MR) is 69.5 cm³/mol. The number of nitrogen functional groups attached to an aromatic ring is 1. The highest BCUT2D eigenvalue weighted by atomic mass is 32.1. The van der Waals surface area contributed by atoms with Crippen molar-refractivity contribution in [3.63, 3.8) is 0 Å². The van der Waals surface area contributed by atoms with Crippen LogP contribution >= 0.6 is 11.3 Å². The number of anilines is 1. The number of ether oxygens (including phenoxy) is 1. The van der Waals surface area contributed by atoms with E-state index in [0.717, 1.165) is 4.88 Å². The molecular formula is C11H8N6OS. The predicted octanol–water partition coefficient (Wildman–Crippen LogP) is 1.45. The lowest BCUT2D eigenvalue weighted by Crippen LogP contribution is -2.01. The van der Waals surface area contributed by atoms with Crippen molar-refractivity contribution in [2.45, 2.75) is 6.61 Å². The molecule has 0 atom stereocenters. The fourth-order valence-electron chi connectivity index (χ4n) is 1.58. The molecule has 0 spiro atoms. The summed E-state index contributed by atoms with van der Waals surface area (Å²) >= 11 is 1.38. The number of H-pyrrole nitrogens is 1. The Morgan fingerprint density at radius 3 is 3.11 bits per heavy atom. The first-order valence-corrected chi connectivity index (χ1v) is 6.16. The molecule has 0 aliphatic carbocycles. The Morgan fingerprint density at radius 1 is 1.42 bits per heavy atom. The van der Waals surface area contributed by atoms with Gasteiger partial charge in [0.25, 0.3) is 0 Å².